The molecule has 2 aliphatic rings. The van der Waals surface area contributed by atoms with Gasteiger partial charge in [-0.2, -0.15) is 0 Å². The average Bonchev–Trinajstić information content (AvgIpc) is 2.85. The van der Waals surface area contributed by atoms with Gasteiger partial charge >= 0.3 is 0 Å². The van der Waals surface area contributed by atoms with Gasteiger partial charge in [-0.15, -0.1) is 0 Å². The van der Waals surface area contributed by atoms with Gasteiger partial charge in [0.25, 0.3) is 0 Å². The van der Waals surface area contributed by atoms with Crippen molar-refractivity contribution in [2.75, 3.05) is 4.90 Å². The minimum absolute atomic E-state index is 0.0139. The van der Waals surface area contributed by atoms with E-state index in [0.717, 1.165) is 28.9 Å². The summed E-state index contributed by atoms with van der Waals surface area (Å²) in [4.78, 5) is 15.2. The molecule has 0 bridgehead atoms. The number of carbonyl (C=O) groups is 1. The molecule has 5 heteroatoms. The van der Waals surface area contributed by atoms with Gasteiger partial charge in [0.05, 0.1) is 0 Å². The fourth-order valence-electron chi connectivity index (χ4n) is 4.91. The Hall–Kier alpha value is -3.63. The minimum atomic E-state index is -0.514. The molecule has 170 valence electrons. The van der Waals surface area contributed by atoms with Crippen LogP contribution in [0, 0.1) is 12.3 Å². The second-order valence-electron chi connectivity index (χ2n) is 8.77. The van der Waals surface area contributed by atoms with Gasteiger partial charge in [-0.05, 0) is 49.6 Å². The first kappa shape index (κ1) is 22.2. The number of anilines is 1. The molecule has 1 unspecified atom stereocenters. The first-order valence-electron chi connectivity index (χ1n) is 11.4. The van der Waals surface area contributed by atoms with E-state index in [1.807, 2.05) is 78.6 Å². The van der Waals surface area contributed by atoms with Crippen LogP contribution < -0.4 is 4.90 Å². The number of carbonyl (C=O) groups excluding carboxylic acids is 1. The van der Waals surface area contributed by atoms with Crippen LogP contribution in [0.2, 0.25) is 5.02 Å². The minimum Gasteiger partial charge on any atom is -0.507 e. The van der Waals surface area contributed by atoms with Crippen LogP contribution in [0.3, 0.4) is 0 Å². The third-order valence-electron chi connectivity index (χ3n) is 6.55. The summed E-state index contributed by atoms with van der Waals surface area (Å²) in [7, 11) is 0. The molecule has 1 heterocycles. The Morgan fingerprint density at radius 3 is 2.32 bits per heavy atom. The van der Waals surface area contributed by atoms with E-state index in [1.165, 1.54) is 0 Å². The van der Waals surface area contributed by atoms with E-state index in [9.17, 15) is 15.3 Å². The molecule has 0 amide bonds. The van der Waals surface area contributed by atoms with Crippen molar-refractivity contribution in [1.82, 2.24) is 0 Å². The number of allylic oxidation sites excluding steroid dienone is 2. The number of nitrogens with zero attached hydrogens (tertiary/aromatic N) is 1. The van der Waals surface area contributed by atoms with Crippen LogP contribution in [0.4, 0.5) is 5.69 Å². The molecule has 0 fully saturated rings. The first-order chi connectivity index (χ1) is 16.5. The normalized spacial score (nSPS) is 19.8. The lowest BCUT2D eigenvalue weighted by Gasteiger charge is -2.41. The van der Waals surface area contributed by atoms with Crippen LogP contribution in [-0.2, 0) is 4.79 Å². The van der Waals surface area contributed by atoms with Gasteiger partial charge in [0.15, 0.2) is 5.78 Å². The summed E-state index contributed by atoms with van der Waals surface area (Å²) in [6, 6.07) is 24.5. The lowest BCUT2D eigenvalue weighted by Crippen LogP contribution is -2.42. The predicted octanol–water partition coefficient (Wildman–Crippen LogP) is 7.21. The summed E-state index contributed by atoms with van der Waals surface area (Å²) in [5.74, 6) is -0.265. The van der Waals surface area contributed by atoms with Crippen molar-refractivity contribution in [3.05, 3.63) is 117 Å². The van der Waals surface area contributed by atoms with Crippen LogP contribution in [0.1, 0.15) is 41.9 Å². The van der Waals surface area contributed by atoms with E-state index in [4.69, 9.17) is 11.6 Å². The van der Waals surface area contributed by atoms with E-state index >= 15 is 0 Å². The molecule has 0 radical (unpaired) electrons. The summed E-state index contributed by atoms with van der Waals surface area (Å²) in [5.41, 5.74) is 5.29. The number of benzene rings is 3. The largest absolute Gasteiger partial charge is 0.507 e. The Morgan fingerprint density at radius 2 is 1.65 bits per heavy atom. The number of aliphatic hydroxyl groups excluding tert-OH is 1. The zero-order chi connectivity index (χ0) is 23.8. The molecule has 5 rings (SSSR count). The van der Waals surface area contributed by atoms with Crippen molar-refractivity contribution < 1.29 is 9.90 Å². The Balaban J connectivity index is 1.82. The molecule has 34 heavy (non-hydrogen) atoms. The van der Waals surface area contributed by atoms with Crippen molar-refractivity contribution in [3.8, 4) is 0 Å². The van der Waals surface area contributed by atoms with Crippen LogP contribution in [0.15, 0.2) is 95.7 Å². The molecule has 1 aliphatic carbocycles. The molecular formula is C29H25ClN2O2. The Kier molecular flexibility index (Phi) is 5.84. The Morgan fingerprint density at radius 1 is 0.971 bits per heavy atom. The number of aryl methyl sites for hydroxylation is 1. The third kappa shape index (κ3) is 3.84. The summed E-state index contributed by atoms with van der Waals surface area (Å²) < 4.78 is 0. The molecule has 0 aromatic heterocycles. The van der Waals surface area contributed by atoms with Crippen molar-refractivity contribution in [2.24, 2.45) is 0 Å². The topological polar surface area (TPSA) is 64.4 Å². The van der Waals surface area contributed by atoms with E-state index in [-0.39, 0.29) is 17.4 Å². The number of ketones is 1. The number of nitrogens with one attached hydrogen (secondary N) is 1. The average molecular weight is 469 g/mol. The molecule has 4 nitrogen and oxygen atoms in total. The maximum Gasteiger partial charge on any atom is 0.161 e. The molecule has 3 aromatic carbocycles. The lowest BCUT2D eigenvalue weighted by atomic mass is 9.73. The summed E-state index contributed by atoms with van der Waals surface area (Å²) in [6.45, 7) is 2.02. The smallest absolute Gasteiger partial charge is 0.161 e. The van der Waals surface area contributed by atoms with Crippen LogP contribution in [-0.4, -0.2) is 16.7 Å². The van der Waals surface area contributed by atoms with Gasteiger partial charge in [0.1, 0.15) is 11.6 Å². The second-order valence-corrected chi connectivity index (χ2v) is 9.21. The summed E-state index contributed by atoms with van der Waals surface area (Å²) in [5, 5.41) is 21.5. The van der Waals surface area contributed by atoms with E-state index in [0.29, 0.717) is 34.6 Å². The summed E-state index contributed by atoms with van der Waals surface area (Å²) in [6.07, 6.45) is 1.88. The van der Waals surface area contributed by atoms with Crippen LogP contribution in [0.5, 0.6) is 0 Å². The number of hydrogen-bond acceptors (Lipinski definition) is 3. The first-order valence-corrected chi connectivity index (χ1v) is 11.8. The third-order valence-corrected chi connectivity index (χ3v) is 6.80. The molecular weight excluding hydrogens is 444 g/mol. The Labute approximate surface area is 204 Å². The van der Waals surface area contributed by atoms with Gasteiger partial charge < -0.3 is 5.11 Å². The van der Waals surface area contributed by atoms with Crippen molar-refractivity contribution in [3.63, 3.8) is 0 Å². The van der Waals surface area contributed by atoms with E-state index in [2.05, 4.69) is 0 Å². The van der Waals surface area contributed by atoms with Crippen molar-refractivity contribution >= 4 is 34.7 Å². The molecule has 3 aromatic rings. The zero-order valence-electron chi connectivity index (χ0n) is 18.9. The second kappa shape index (κ2) is 8.96. The van der Waals surface area contributed by atoms with Gasteiger partial charge in [-0.25, -0.2) is 0 Å². The van der Waals surface area contributed by atoms with Crippen LogP contribution >= 0.6 is 11.6 Å². The maximum atomic E-state index is 13.4. The van der Waals surface area contributed by atoms with Crippen LogP contribution in [0.25, 0.3) is 5.76 Å². The summed E-state index contributed by atoms with van der Waals surface area (Å²) >= 11 is 6.14. The fourth-order valence-corrected chi connectivity index (χ4v) is 5.04. The fraction of sp³-hybridized carbons (Fsp3) is 0.172. The van der Waals surface area contributed by atoms with Crippen molar-refractivity contribution in [1.29, 1.82) is 5.41 Å². The molecule has 0 spiro atoms. The SMILES string of the molecule is Cc1ccc(C2C3=C(CCCC3=O)N(c3ccc(Cl)cc3)C(=N)/C2=C(/O)c2ccccc2)cc1. The molecule has 0 saturated heterocycles. The quantitative estimate of drug-likeness (QED) is 0.399. The highest BCUT2D eigenvalue weighted by Gasteiger charge is 2.43. The molecule has 1 atom stereocenters. The number of aliphatic hydroxyl groups is 1. The van der Waals surface area contributed by atoms with E-state index < -0.39 is 5.92 Å². The number of hydrogen-bond donors (Lipinski definition) is 2. The molecule has 1 aliphatic heterocycles. The lowest BCUT2D eigenvalue weighted by molar-refractivity contribution is -0.116. The van der Waals surface area contributed by atoms with Crippen molar-refractivity contribution in [2.45, 2.75) is 32.1 Å². The van der Waals surface area contributed by atoms with Gasteiger partial charge in [0.2, 0.25) is 0 Å². The Bertz CT molecular complexity index is 1320. The highest BCUT2D eigenvalue weighted by atomic mass is 35.5. The maximum absolute atomic E-state index is 13.4. The standard InChI is InChI=1S/C29H25ClN2O2/c1-18-10-12-19(13-11-18)25-26-23(8-5-9-24(26)33)32(22-16-14-21(30)15-17-22)29(31)27(25)28(34)20-6-3-2-4-7-20/h2-4,6-7,10-17,25,31,34H,5,8-9H2,1H3/b28-27+,31-29?. The number of rotatable bonds is 3. The van der Waals surface area contributed by atoms with Gasteiger partial charge in [-0.3, -0.25) is 15.1 Å². The highest BCUT2D eigenvalue weighted by molar-refractivity contribution is 6.30. The van der Waals surface area contributed by atoms with Gasteiger partial charge in [0, 0.05) is 45.5 Å². The monoisotopic (exact) mass is 468 g/mol. The van der Waals surface area contributed by atoms with E-state index in [1.54, 1.807) is 12.1 Å². The van der Waals surface area contributed by atoms with Gasteiger partial charge in [-0.1, -0.05) is 71.8 Å². The number of amidine groups is 1. The molecule has 2 N–H and O–H groups in total. The number of Topliss-reactive ketones (excluding diaryl/α,β-unsaturated/α-hetero) is 1. The predicted molar refractivity (Wildman–Crippen MR) is 137 cm³/mol. The molecule has 0 saturated carbocycles. The zero-order valence-corrected chi connectivity index (χ0v) is 19.6. The number of halogens is 1. The highest BCUT2D eigenvalue weighted by Crippen LogP contribution is 2.47.